The number of rotatable bonds is 4. The molecule has 2 amide bonds. The van der Waals surface area contributed by atoms with Crippen molar-refractivity contribution < 1.29 is 9.59 Å². The first-order valence-corrected chi connectivity index (χ1v) is 6.47. The second kappa shape index (κ2) is 6.36. The first-order chi connectivity index (χ1) is 8.82. The van der Waals surface area contributed by atoms with Gasteiger partial charge >= 0.3 is 0 Å². The molecule has 0 radical (unpaired) electrons. The van der Waals surface area contributed by atoms with Gasteiger partial charge in [0.1, 0.15) is 0 Å². The molecule has 0 aliphatic heterocycles. The lowest BCUT2D eigenvalue weighted by atomic mass is 10.0. The molecule has 0 fully saturated rings. The van der Waals surface area contributed by atoms with Crippen molar-refractivity contribution >= 4 is 17.5 Å². The standard InChI is InChI=1S/C15H22N2O2/c1-10(2)11(3)17(5)15(19)13-6-8-14(9-7-13)16-12(4)18/h6-11H,1-5H3,(H,16,18). The molecule has 0 heterocycles. The zero-order valence-electron chi connectivity index (χ0n) is 12.2. The van der Waals surface area contributed by atoms with Crippen molar-refractivity contribution in [1.82, 2.24) is 4.90 Å². The molecule has 1 aromatic rings. The molecule has 1 rings (SSSR count). The summed E-state index contributed by atoms with van der Waals surface area (Å²) in [6.45, 7) is 7.67. The Morgan fingerprint density at radius 2 is 1.63 bits per heavy atom. The van der Waals surface area contributed by atoms with Crippen molar-refractivity contribution in [3.63, 3.8) is 0 Å². The molecule has 0 aliphatic rings. The van der Waals surface area contributed by atoms with E-state index >= 15 is 0 Å². The first kappa shape index (κ1) is 15.2. The molecular weight excluding hydrogens is 240 g/mol. The fourth-order valence-electron chi connectivity index (χ4n) is 1.74. The quantitative estimate of drug-likeness (QED) is 0.907. The maximum absolute atomic E-state index is 12.3. The highest BCUT2D eigenvalue weighted by atomic mass is 16.2. The Kier molecular flexibility index (Phi) is 5.10. The fraction of sp³-hybridized carbons (Fsp3) is 0.467. The highest BCUT2D eigenvalue weighted by molar-refractivity contribution is 5.95. The Balaban J connectivity index is 2.80. The first-order valence-electron chi connectivity index (χ1n) is 6.47. The number of amides is 2. The average Bonchev–Trinajstić information content (AvgIpc) is 2.36. The zero-order chi connectivity index (χ0) is 14.6. The second-order valence-corrected chi connectivity index (χ2v) is 5.16. The van der Waals surface area contributed by atoms with Crippen molar-refractivity contribution in [2.24, 2.45) is 5.92 Å². The smallest absolute Gasteiger partial charge is 0.253 e. The normalized spacial score (nSPS) is 12.1. The summed E-state index contributed by atoms with van der Waals surface area (Å²) >= 11 is 0. The largest absolute Gasteiger partial charge is 0.339 e. The van der Waals surface area contributed by atoms with Crippen LogP contribution in [0, 0.1) is 5.92 Å². The lowest BCUT2D eigenvalue weighted by Gasteiger charge is -2.28. The zero-order valence-corrected chi connectivity index (χ0v) is 12.2. The Morgan fingerprint density at radius 1 is 1.11 bits per heavy atom. The lowest BCUT2D eigenvalue weighted by molar-refractivity contribution is -0.114. The van der Waals surface area contributed by atoms with E-state index in [9.17, 15) is 9.59 Å². The van der Waals surface area contributed by atoms with Gasteiger partial charge in [-0.3, -0.25) is 9.59 Å². The SMILES string of the molecule is CC(=O)Nc1ccc(C(=O)N(C)C(C)C(C)C)cc1. The summed E-state index contributed by atoms with van der Waals surface area (Å²) in [7, 11) is 1.81. The fourth-order valence-corrected chi connectivity index (χ4v) is 1.74. The predicted octanol–water partition coefficient (Wildman–Crippen LogP) is 2.76. The Bertz CT molecular complexity index is 452. The monoisotopic (exact) mass is 262 g/mol. The number of carbonyl (C=O) groups is 2. The molecule has 4 nitrogen and oxygen atoms in total. The third-order valence-electron chi connectivity index (χ3n) is 3.35. The van der Waals surface area contributed by atoms with E-state index in [1.807, 2.05) is 14.0 Å². The Morgan fingerprint density at radius 3 is 2.05 bits per heavy atom. The summed E-state index contributed by atoms with van der Waals surface area (Å²) in [6, 6.07) is 7.13. The minimum Gasteiger partial charge on any atom is -0.339 e. The minimum atomic E-state index is -0.121. The van der Waals surface area contributed by atoms with Crippen LogP contribution in [0.15, 0.2) is 24.3 Å². The molecular formula is C15H22N2O2. The third kappa shape index (κ3) is 4.09. The topological polar surface area (TPSA) is 49.4 Å². The summed E-state index contributed by atoms with van der Waals surface area (Å²) in [5.74, 6) is 0.285. The molecule has 0 bridgehead atoms. The molecule has 0 saturated carbocycles. The third-order valence-corrected chi connectivity index (χ3v) is 3.35. The van der Waals surface area contributed by atoms with E-state index in [1.165, 1.54) is 6.92 Å². The number of nitrogens with zero attached hydrogens (tertiary/aromatic N) is 1. The van der Waals surface area contributed by atoms with Crippen LogP contribution in [0.1, 0.15) is 38.1 Å². The highest BCUT2D eigenvalue weighted by Gasteiger charge is 2.19. The van der Waals surface area contributed by atoms with Crippen LogP contribution in [-0.2, 0) is 4.79 Å². The number of nitrogens with one attached hydrogen (secondary N) is 1. The molecule has 1 atom stereocenters. The average molecular weight is 262 g/mol. The van der Waals surface area contributed by atoms with Gasteiger partial charge < -0.3 is 10.2 Å². The van der Waals surface area contributed by atoms with Crippen LogP contribution in [0.5, 0.6) is 0 Å². The van der Waals surface area contributed by atoms with E-state index in [1.54, 1.807) is 29.2 Å². The van der Waals surface area contributed by atoms with E-state index in [4.69, 9.17) is 0 Å². The molecule has 1 unspecified atom stereocenters. The van der Waals surface area contributed by atoms with Crippen molar-refractivity contribution in [1.29, 1.82) is 0 Å². The number of anilines is 1. The van der Waals surface area contributed by atoms with Crippen LogP contribution in [-0.4, -0.2) is 29.8 Å². The maximum atomic E-state index is 12.3. The van der Waals surface area contributed by atoms with E-state index in [2.05, 4.69) is 19.2 Å². The van der Waals surface area contributed by atoms with Gasteiger partial charge in [-0.2, -0.15) is 0 Å². The van der Waals surface area contributed by atoms with Crippen LogP contribution in [0.2, 0.25) is 0 Å². The summed E-state index contributed by atoms with van der Waals surface area (Å²) in [5.41, 5.74) is 1.33. The second-order valence-electron chi connectivity index (χ2n) is 5.16. The molecule has 4 heteroatoms. The van der Waals surface area contributed by atoms with Crippen LogP contribution in [0.4, 0.5) is 5.69 Å². The van der Waals surface area contributed by atoms with Crippen molar-refractivity contribution in [2.75, 3.05) is 12.4 Å². The van der Waals surface area contributed by atoms with E-state index in [0.717, 1.165) is 0 Å². The summed E-state index contributed by atoms with van der Waals surface area (Å²) in [5, 5.41) is 2.68. The lowest BCUT2D eigenvalue weighted by Crippen LogP contribution is -2.38. The number of carbonyl (C=O) groups excluding carboxylic acids is 2. The molecule has 1 aromatic carbocycles. The van der Waals surface area contributed by atoms with Gasteiger partial charge in [-0.15, -0.1) is 0 Å². The van der Waals surface area contributed by atoms with Crippen LogP contribution >= 0.6 is 0 Å². The van der Waals surface area contributed by atoms with Crippen LogP contribution in [0.25, 0.3) is 0 Å². The van der Waals surface area contributed by atoms with E-state index < -0.39 is 0 Å². The maximum Gasteiger partial charge on any atom is 0.253 e. The van der Waals surface area contributed by atoms with Crippen LogP contribution < -0.4 is 5.32 Å². The molecule has 104 valence electrons. The van der Waals surface area contributed by atoms with E-state index in [0.29, 0.717) is 17.2 Å². The Labute approximate surface area is 114 Å². The van der Waals surface area contributed by atoms with Gasteiger partial charge in [-0.1, -0.05) is 13.8 Å². The van der Waals surface area contributed by atoms with Gasteiger partial charge in [-0.25, -0.2) is 0 Å². The molecule has 0 saturated heterocycles. The van der Waals surface area contributed by atoms with E-state index in [-0.39, 0.29) is 17.9 Å². The van der Waals surface area contributed by atoms with Gasteiger partial charge in [-0.05, 0) is 37.1 Å². The predicted molar refractivity (Wildman–Crippen MR) is 77.1 cm³/mol. The van der Waals surface area contributed by atoms with Gasteiger partial charge in [0.2, 0.25) is 5.91 Å². The van der Waals surface area contributed by atoms with Gasteiger partial charge in [0.15, 0.2) is 0 Å². The van der Waals surface area contributed by atoms with Crippen molar-refractivity contribution in [3.8, 4) is 0 Å². The minimum absolute atomic E-state index is 0.00410. The summed E-state index contributed by atoms with van der Waals surface area (Å²) in [6.07, 6.45) is 0. The summed E-state index contributed by atoms with van der Waals surface area (Å²) < 4.78 is 0. The van der Waals surface area contributed by atoms with Crippen molar-refractivity contribution in [3.05, 3.63) is 29.8 Å². The Hall–Kier alpha value is -1.84. The number of hydrogen-bond acceptors (Lipinski definition) is 2. The van der Waals surface area contributed by atoms with Gasteiger partial charge in [0.05, 0.1) is 0 Å². The molecule has 0 aliphatic carbocycles. The van der Waals surface area contributed by atoms with Gasteiger partial charge in [0.25, 0.3) is 5.91 Å². The van der Waals surface area contributed by atoms with Crippen LogP contribution in [0.3, 0.4) is 0 Å². The number of benzene rings is 1. The summed E-state index contributed by atoms with van der Waals surface area (Å²) in [4.78, 5) is 24.9. The molecule has 0 aromatic heterocycles. The van der Waals surface area contributed by atoms with Gasteiger partial charge in [0, 0.05) is 31.3 Å². The molecule has 19 heavy (non-hydrogen) atoms. The molecule has 1 N–H and O–H groups in total. The van der Waals surface area contributed by atoms with Crippen molar-refractivity contribution in [2.45, 2.75) is 33.7 Å². The molecule has 0 spiro atoms. The highest BCUT2D eigenvalue weighted by Crippen LogP contribution is 2.15. The number of hydrogen-bond donors (Lipinski definition) is 1.